The maximum Gasteiger partial charge on any atom is 0.255 e. The molecule has 0 unspecified atom stereocenters. The van der Waals surface area contributed by atoms with Crippen molar-refractivity contribution in [2.24, 2.45) is 5.41 Å². The fourth-order valence-electron chi connectivity index (χ4n) is 4.97. The van der Waals surface area contributed by atoms with Crippen LogP contribution in [0.4, 0.5) is 0 Å². The highest BCUT2D eigenvalue weighted by molar-refractivity contribution is 5.93. The van der Waals surface area contributed by atoms with E-state index in [0.29, 0.717) is 11.0 Å². The number of likely N-dealkylation sites (tertiary alicyclic amines) is 1. The normalized spacial score (nSPS) is 20.5. The number of carbonyl (C=O) groups excluding carboxylic acids is 1. The molecule has 0 bridgehead atoms. The molecule has 5 nitrogen and oxygen atoms in total. The minimum Gasteiger partial charge on any atom is -0.492 e. The Labute approximate surface area is 180 Å². The second-order valence-corrected chi connectivity index (χ2v) is 8.93. The first-order valence-corrected chi connectivity index (χ1v) is 11.2. The molecule has 2 aliphatic heterocycles. The van der Waals surface area contributed by atoms with Gasteiger partial charge in [0.15, 0.2) is 0 Å². The van der Waals surface area contributed by atoms with E-state index in [4.69, 9.17) is 4.74 Å². The largest absolute Gasteiger partial charge is 0.492 e. The molecule has 1 amide bonds. The van der Waals surface area contributed by atoms with E-state index >= 15 is 0 Å². The van der Waals surface area contributed by atoms with Gasteiger partial charge in [-0.05, 0) is 68.3 Å². The van der Waals surface area contributed by atoms with Crippen LogP contribution in [0.1, 0.15) is 48.0 Å². The molecule has 1 aromatic heterocycles. The topological polar surface area (TPSA) is 45.7 Å². The molecule has 1 spiro atoms. The first-order chi connectivity index (χ1) is 14.7. The number of aryl methyl sites for hydroxylation is 1. The summed E-state index contributed by atoms with van der Waals surface area (Å²) < 4.78 is 6.10. The number of pyridine rings is 1. The first-order valence-electron chi connectivity index (χ1n) is 11.2. The highest BCUT2D eigenvalue weighted by atomic mass is 16.5. The predicted molar refractivity (Wildman–Crippen MR) is 119 cm³/mol. The lowest BCUT2D eigenvalue weighted by atomic mass is 9.73. The molecule has 0 radical (unpaired) electrons. The Bertz CT molecular complexity index is 831. The third-order valence-corrected chi connectivity index (χ3v) is 6.73. The molecule has 1 fully saturated rings. The van der Waals surface area contributed by atoms with E-state index in [2.05, 4.69) is 41.2 Å². The van der Waals surface area contributed by atoms with Crippen LogP contribution < -0.4 is 4.74 Å². The summed E-state index contributed by atoms with van der Waals surface area (Å²) in [6.07, 6.45) is 10.2. The van der Waals surface area contributed by atoms with Crippen molar-refractivity contribution < 1.29 is 9.53 Å². The highest BCUT2D eigenvalue weighted by Gasteiger charge is 2.36. The molecule has 2 aromatic rings. The Hall–Kier alpha value is -2.40. The van der Waals surface area contributed by atoms with E-state index in [1.807, 2.05) is 17.0 Å². The minimum atomic E-state index is 0.115. The summed E-state index contributed by atoms with van der Waals surface area (Å²) >= 11 is 0. The van der Waals surface area contributed by atoms with E-state index in [0.717, 1.165) is 57.8 Å². The average Bonchev–Trinajstić information content (AvgIpc) is 2.77. The molecular formula is C25H33N3O2. The van der Waals surface area contributed by atoms with Gasteiger partial charge in [0.1, 0.15) is 12.4 Å². The van der Waals surface area contributed by atoms with Crippen LogP contribution >= 0.6 is 0 Å². The van der Waals surface area contributed by atoms with Crippen LogP contribution in [0, 0.1) is 5.41 Å². The number of rotatable bonds is 1. The van der Waals surface area contributed by atoms with Crippen LogP contribution in [0.5, 0.6) is 5.75 Å². The van der Waals surface area contributed by atoms with Crippen LogP contribution in [-0.4, -0.2) is 60.5 Å². The van der Waals surface area contributed by atoms with Gasteiger partial charge in [0.25, 0.3) is 5.91 Å². The molecule has 30 heavy (non-hydrogen) atoms. The Kier molecular flexibility index (Phi) is 6.68. The van der Waals surface area contributed by atoms with Crippen LogP contribution in [-0.2, 0) is 6.42 Å². The van der Waals surface area contributed by atoms with Gasteiger partial charge in [0, 0.05) is 38.6 Å². The zero-order chi connectivity index (χ0) is 20.8. The van der Waals surface area contributed by atoms with Crippen LogP contribution in [0.2, 0.25) is 0 Å². The summed E-state index contributed by atoms with van der Waals surface area (Å²) in [6.45, 7) is 4.39. The number of likely N-dealkylation sites (N-methyl/N-ethyl adjacent to an activating group) is 1. The van der Waals surface area contributed by atoms with Crippen molar-refractivity contribution in [1.29, 1.82) is 0 Å². The number of nitrogens with zero attached hydrogens (tertiary/aromatic N) is 3. The van der Waals surface area contributed by atoms with Crippen molar-refractivity contribution in [3.8, 4) is 5.75 Å². The van der Waals surface area contributed by atoms with E-state index in [1.165, 1.54) is 24.8 Å². The smallest absolute Gasteiger partial charge is 0.255 e. The summed E-state index contributed by atoms with van der Waals surface area (Å²) in [5.41, 5.74) is 2.31. The Morgan fingerprint density at radius 2 is 1.87 bits per heavy atom. The van der Waals surface area contributed by atoms with Gasteiger partial charge >= 0.3 is 0 Å². The number of ether oxygens (including phenoxy) is 1. The van der Waals surface area contributed by atoms with Gasteiger partial charge in [0.05, 0.1) is 5.56 Å². The quantitative estimate of drug-likeness (QED) is 0.716. The van der Waals surface area contributed by atoms with E-state index in [1.54, 1.807) is 12.4 Å². The number of para-hydroxylation sites is 1. The van der Waals surface area contributed by atoms with Crippen molar-refractivity contribution >= 4 is 5.91 Å². The molecule has 0 N–H and O–H groups in total. The third-order valence-electron chi connectivity index (χ3n) is 6.73. The summed E-state index contributed by atoms with van der Waals surface area (Å²) in [5.74, 6) is 1.16. The fraction of sp³-hybridized carbons (Fsp3) is 0.520. The van der Waals surface area contributed by atoms with Gasteiger partial charge in [-0.25, -0.2) is 0 Å². The highest BCUT2D eigenvalue weighted by Crippen LogP contribution is 2.38. The minimum absolute atomic E-state index is 0.115. The summed E-state index contributed by atoms with van der Waals surface area (Å²) in [5, 5.41) is 0. The zero-order valence-corrected chi connectivity index (χ0v) is 18.1. The first kappa shape index (κ1) is 20.9. The van der Waals surface area contributed by atoms with Gasteiger partial charge < -0.3 is 14.5 Å². The number of hydrogen-bond donors (Lipinski definition) is 0. The van der Waals surface area contributed by atoms with Gasteiger partial charge in [-0.2, -0.15) is 0 Å². The predicted octanol–water partition coefficient (Wildman–Crippen LogP) is 4.04. The lowest BCUT2D eigenvalue weighted by Crippen LogP contribution is -2.48. The third kappa shape index (κ3) is 5.01. The second-order valence-electron chi connectivity index (χ2n) is 8.93. The van der Waals surface area contributed by atoms with Gasteiger partial charge in [-0.15, -0.1) is 0 Å². The summed E-state index contributed by atoms with van der Waals surface area (Å²) in [4.78, 5) is 21.4. The molecule has 1 aromatic carbocycles. The van der Waals surface area contributed by atoms with Crippen molar-refractivity contribution in [2.45, 2.75) is 38.5 Å². The van der Waals surface area contributed by atoms with E-state index in [-0.39, 0.29) is 5.91 Å². The second kappa shape index (κ2) is 9.61. The number of carbonyl (C=O) groups is 1. The van der Waals surface area contributed by atoms with Crippen molar-refractivity contribution in [3.05, 3.63) is 59.9 Å². The molecule has 2 aliphatic rings. The monoisotopic (exact) mass is 407 g/mol. The molecular weight excluding hydrogens is 374 g/mol. The number of amides is 1. The maximum absolute atomic E-state index is 12.8. The molecule has 5 heteroatoms. The van der Waals surface area contributed by atoms with E-state index < -0.39 is 0 Å². The molecule has 1 saturated heterocycles. The van der Waals surface area contributed by atoms with Gasteiger partial charge in [-0.3, -0.25) is 9.78 Å². The summed E-state index contributed by atoms with van der Waals surface area (Å²) in [7, 11) is 2.20. The maximum atomic E-state index is 12.8. The Morgan fingerprint density at radius 1 is 1.03 bits per heavy atom. The molecule has 0 saturated carbocycles. The molecule has 0 aliphatic carbocycles. The Morgan fingerprint density at radius 3 is 2.67 bits per heavy atom. The molecule has 4 rings (SSSR count). The lowest BCUT2D eigenvalue weighted by Gasteiger charge is -2.44. The van der Waals surface area contributed by atoms with Gasteiger partial charge in [0.2, 0.25) is 0 Å². The van der Waals surface area contributed by atoms with Crippen molar-refractivity contribution in [1.82, 2.24) is 14.8 Å². The van der Waals surface area contributed by atoms with Gasteiger partial charge in [-0.1, -0.05) is 24.6 Å². The lowest BCUT2D eigenvalue weighted by molar-refractivity contribution is 0.0424. The zero-order valence-electron chi connectivity index (χ0n) is 18.1. The number of aromatic nitrogens is 1. The number of piperidine rings is 1. The molecule has 3 heterocycles. The van der Waals surface area contributed by atoms with Crippen LogP contribution in [0.15, 0.2) is 48.8 Å². The Balaban J connectivity index is 1.40. The SMILES string of the molecule is CN1CCOc2ccccc2CCCCC2(CCN(C(=O)c3cccnc3)CC2)C1. The average molecular weight is 408 g/mol. The van der Waals surface area contributed by atoms with Crippen LogP contribution in [0.25, 0.3) is 0 Å². The number of hydrogen-bond acceptors (Lipinski definition) is 4. The van der Waals surface area contributed by atoms with E-state index in [9.17, 15) is 4.79 Å². The summed E-state index contributed by atoms with van der Waals surface area (Å²) in [6, 6.07) is 12.2. The molecule has 0 atom stereocenters. The molecule has 160 valence electrons. The number of benzene rings is 1. The fourth-order valence-corrected chi connectivity index (χ4v) is 4.97. The number of fused-ring (bicyclic) bond motifs is 1. The van der Waals surface area contributed by atoms with Crippen molar-refractivity contribution in [3.63, 3.8) is 0 Å². The standard InChI is InChI=1S/C25H33N3O2/c1-27-17-18-30-23-10-3-2-7-21(23)8-4-5-11-25(20-27)12-15-28(16-13-25)24(29)22-9-6-14-26-19-22/h2-3,6-7,9-10,14,19H,4-5,8,11-13,15-18,20H2,1H3. The van der Waals surface area contributed by atoms with Crippen LogP contribution in [0.3, 0.4) is 0 Å². The van der Waals surface area contributed by atoms with Crippen molar-refractivity contribution in [2.75, 3.05) is 39.8 Å².